The molecule has 2 atom stereocenters. The molecule has 0 rings (SSSR count). The quantitative estimate of drug-likeness (QED) is 0.0326. The van der Waals surface area contributed by atoms with Gasteiger partial charge >= 0.3 is 19.5 Å². The van der Waals surface area contributed by atoms with Crippen LogP contribution < -0.4 is 0 Å². The third kappa shape index (κ3) is 29.6. The van der Waals surface area contributed by atoms with Crippen molar-refractivity contribution < 1.29 is 33.0 Å². The molecule has 0 radical (unpaired) electrons. The molecule has 0 aliphatic heterocycles. The normalized spacial score (nSPS) is 13.5. The summed E-state index contributed by atoms with van der Waals surface area (Å²) in [6.07, 6.45) is 26.0. The predicted molar refractivity (Wildman–Crippen MR) is 177 cm³/mol. The Morgan fingerprint density at radius 1 is 0.619 bits per heavy atom. The molecule has 0 bridgehead atoms. The van der Waals surface area contributed by atoms with Crippen LogP contribution in [0.15, 0.2) is 0 Å². The van der Waals surface area contributed by atoms with Crippen LogP contribution in [0.1, 0.15) is 168 Å². The second-order valence-electron chi connectivity index (χ2n) is 11.7. The fraction of sp³-hybridized carbons (Fsp3) is 0.939. The highest BCUT2D eigenvalue weighted by Gasteiger charge is 2.24. The molecule has 9 heteroatoms. The fourth-order valence-electron chi connectivity index (χ4n) is 4.86. The lowest BCUT2D eigenvalue weighted by molar-refractivity contribution is -0.161. The predicted octanol–water partition coefficient (Wildman–Crippen LogP) is 10.4. The number of ether oxygens (including phenoxy) is 2. The summed E-state index contributed by atoms with van der Waals surface area (Å²) in [5.41, 5.74) is 0. The van der Waals surface area contributed by atoms with Crippen LogP contribution in [-0.4, -0.2) is 47.6 Å². The van der Waals surface area contributed by atoms with Gasteiger partial charge in [-0.15, -0.1) is 0 Å². The van der Waals surface area contributed by atoms with Gasteiger partial charge in [0.15, 0.2) is 6.10 Å². The Bertz CT molecular complexity index is 677. The molecule has 250 valence electrons. The van der Waals surface area contributed by atoms with Gasteiger partial charge in [-0.2, -0.15) is 0 Å². The summed E-state index contributed by atoms with van der Waals surface area (Å²) >= 11 is 3.14. The minimum atomic E-state index is -3.81. The van der Waals surface area contributed by atoms with Crippen molar-refractivity contribution in [2.75, 3.05) is 24.7 Å². The highest BCUT2D eigenvalue weighted by molar-refractivity contribution is 9.09. The molecule has 1 unspecified atom stereocenters. The van der Waals surface area contributed by atoms with E-state index >= 15 is 0 Å². The van der Waals surface area contributed by atoms with Gasteiger partial charge in [-0.3, -0.25) is 14.2 Å². The van der Waals surface area contributed by atoms with E-state index in [4.69, 9.17) is 14.0 Å². The van der Waals surface area contributed by atoms with E-state index in [0.717, 1.165) is 38.5 Å². The van der Waals surface area contributed by atoms with Crippen LogP contribution in [0.4, 0.5) is 0 Å². The molecule has 7 nitrogen and oxygen atoms in total. The van der Waals surface area contributed by atoms with Gasteiger partial charge in [0, 0.05) is 18.2 Å². The van der Waals surface area contributed by atoms with Crippen LogP contribution in [-0.2, 0) is 28.2 Å². The van der Waals surface area contributed by atoms with E-state index in [1.807, 2.05) is 0 Å². The van der Waals surface area contributed by atoms with Crippen LogP contribution in [0.25, 0.3) is 0 Å². The molecule has 0 aromatic heterocycles. The first kappa shape index (κ1) is 41.6. The van der Waals surface area contributed by atoms with Gasteiger partial charge in [0.2, 0.25) is 0 Å². The fourth-order valence-corrected chi connectivity index (χ4v) is 6.94. The summed E-state index contributed by atoms with van der Waals surface area (Å²) in [7, 11) is -3.81. The molecule has 0 amide bonds. The number of unbranched alkanes of at least 4 members (excludes halogenated alkanes) is 20. The number of hydrogen-bond donors (Lipinski definition) is 1. The van der Waals surface area contributed by atoms with Gasteiger partial charge in [0.1, 0.15) is 6.61 Å². The Morgan fingerprint density at radius 2 is 1.00 bits per heavy atom. The van der Waals surface area contributed by atoms with E-state index in [2.05, 4.69) is 29.8 Å². The highest BCUT2D eigenvalue weighted by Crippen LogP contribution is 2.42. The number of rotatable bonds is 32. The van der Waals surface area contributed by atoms with Gasteiger partial charge in [-0.25, -0.2) is 0 Å². The Hall–Kier alpha value is -0.430. The second-order valence-corrected chi connectivity index (χ2v) is 14.5. The second kappa shape index (κ2) is 30.6. The molecule has 0 fully saturated rings. The van der Waals surface area contributed by atoms with Gasteiger partial charge in [0.25, 0.3) is 0 Å². The minimum absolute atomic E-state index is 0.0505. The molecule has 0 aliphatic carbocycles. The minimum Gasteiger partial charge on any atom is -0.462 e. The van der Waals surface area contributed by atoms with Crippen LogP contribution in [0.5, 0.6) is 0 Å². The lowest BCUT2D eigenvalue weighted by atomic mass is 10.1. The van der Waals surface area contributed by atoms with Crippen molar-refractivity contribution in [1.29, 1.82) is 0 Å². The molecular formula is C33H64BrO7P. The Balaban J connectivity index is 4.18. The van der Waals surface area contributed by atoms with Gasteiger partial charge in [-0.1, -0.05) is 158 Å². The molecule has 0 spiro atoms. The maximum absolute atomic E-state index is 12.4. The number of hydrogen-bond acceptors (Lipinski definition) is 6. The average molecular weight is 684 g/mol. The summed E-state index contributed by atoms with van der Waals surface area (Å²) in [5, 5.41) is 0.317. The zero-order chi connectivity index (χ0) is 31.2. The third-order valence-corrected chi connectivity index (χ3v) is 9.88. The van der Waals surface area contributed by atoms with Crippen LogP contribution in [0.3, 0.4) is 0 Å². The monoisotopic (exact) mass is 682 g/mol. The first-order chi connectivity index (χ1) is 20.3. The summed E-state index contributed by atoms with van der Waals surface area (Å²) in [6.45, 7) is 4.02. The molecule has 42 heavy (non-hydrogen) atoms. The first-order valence-corrected chi connectivity index (χ1v) is 20.1. The van der Waals surface area contributed by atoms with E-state index in [9.17, 15) is 19.0 Å². The molecule has 0 saturated carbocycles. The first-order valence-electron chi connectivity index (χ1n) is 17.2. The van der Waals surface area contributed by atoms with Crippen molar-refractivity contribution in [3.8, 4) is 0 Å². The van der Waals surface area contributed by atoms with E-state index < -0.39 is 19.7 Å². The van der Waals surface area contributed by atoms with Crippen molar-refractivity contribution in [3.63, 3.8) is 0 Å². The molecule has 1 N–H and O–H groups in total. The summed E-state index contributed by atoms with van der Waals surface area (Å²) in [5.74, 6) is -0.737. The van der Waals surface area contributed by atoms with E-state index in [0.29, 0.717) is 11.8 Å². The largest absolute Gasteiger partial charge is 0.462 e. The third-order valence-electron chi connectivity index (χ3n) is 7.53. The smallest absolute Gasteiger partial charge is 0.329 e. The van der Waals surface area contributed by atoms with Crippen molar-refractivity contribution in [2.45, 2.75) is 174 Å². The molecule has 0 heterocycles. The van der Waals surface area contributed by atoms with E-state index in [-0.39, 0.29) is 31.8 Å². The molecule has 0 aliphatic rings. The van der Waals surface area contributed by atoms with Gasteiger partial charge in [0.05, 0.1) is 12.8 Å². The van der Waals surface area contributed by atoms with E-state index in [1.54, 1.807) is 0 Å². The van der Waals surface area contributed by atoms with Gasteiger partial charge < -0.3 is 18.9 Å². The summed E-state index contributed by atoms with van der Waals surface area (Å²) in [6, 6.07) is 0. The number of alkyl halides is 1. The summed E-state index contributed by atoms with van der Waals surface area (Å²) < 4.78 is 28.1. The lowest BCUT2D eigenvalue weighted by Crippen LogP contribution is -2.29. The number of carbonyl (C=O) groups excluding carboxylic acids is 2. The standard InChI is InChI=1S/C33H64BrO7P/c1-3-5-7-9-11-13-15-17-19-21-23-25-32(35)39-29-31(30-40-42(37,38)28-27-34)41-33(36)26-24-22-20-18-16-14-12-10-8-6-4-2/h31H,3-30H2,1-2H3,(H,37,38)/t31-/m0/s1. The number of esters is 2. The molecule has 0 aromatic rings. The van der Waals surface area contributed by atoms with Crippen molar-refractivity contribution in [1.82, 2.24) is 0 Å². The lowest BCUT2D eigenvalue weighted by Gasteiger charge is -2.20. The SMILES string of the molecule is CCCCCCCCCCCCCC(=O)OC[C@@H](COP(=O)(O)CCBr)OC(=O)CCCCCCCCCCCCC. The maximum atomic E-state index is 12.4. The zero-order valence-corrected chi connectivity index (χ0v) is 29.6. The van der Waals surface area contributed by atoms with Crippen molar-refractivity contribution >= 4 is 35.5 Å². The van der Waals surface area contributed by atoms with Crippen LogP contribution in [0, 0.1) is 0 Å². The van der Waals surface area contributed by atoms with Crippen molar-refractivity contribution in [3.05, 3.63) is 0 Å². The molecule has 0 aromatic carbocycles. The topological polar surface area (TPSA) is 99.1 Å². The Kier molecular flexibility index (Phi) is 30.3. The Morgan fingerprint density at radius 3 is 1.40 bits per heavy atom. The maximum Gasteiger partial charge on any atom is 0.329 e. The summed E-state index contributed by atoms with van der Waals surface area (Å²) in [4.78, 5) is 34.6. The van der Waals surface area contributed by atoms with E-state index in [1.165, 1.54) is 103 Å². The van der Waals surface area contributed by atoms with Crippen molar-refractivity contribution in [2.24, 2.45) is 0 Å². The molecular weight excluding hydrogens is 619 g/mol. The van der Waals surface area contributed by atoms with Crippen LogP contribution in [0.2, 0.25) is 0 Å². The Labute approximate surface area is 266 Å². The zero-order valence-electron chi connectivity index (χ0n) is 27.1. The highest BCUT2D eigenvalue weighted by atomic mass is 79.9. The molecule has 0 saturated heterocycles. The average Bonchev–Trinajstić information content (AvgIpc) is 2.96. The van der Waals surface area contributed by atoms with Gasteiger partial charge in [-0.05, 0) is 12.8 Å². The number of carbonyl (C=O) groups is 2. The van der Waals surface area contributed by atoms with Crippen LogP contribution >= 0.6 is 23.5 Å². The number of halogens is 1.